The maximum absolute atomic E-state index is 11.8. The van der Waals surface area contributed by atoms with Crippen LogP contribution in [-0.4, -0.2) is 32.9 Å². The maximum Gasteiger partial charge on any atom is 0.408 e. The molecule has 1 atom stereocenters. The Morgan fingerprint density at radius 3 is 2.69 bits per heavy atom. The summed E-state index contributed by atoms with van der Waals surface area (Å²) >= 11 is 0. The highest BCUT2D eigenvalue weighted by Gasteiger charge is 2.21. The number of hydrogen-bond acceptors (Lipinski definition) is 7. The van der Waals surface area contributed by atoms with Gasteiger partial charge in [0.1, 0.15) is 11.6 Å². The second-order valence-electron chi connectivity index (χ2n) is 7.22. The van der Waals surface area contributed by atoms with Crippen LogP contribution in [0.1, 0.15) is 59.2 Å². The molecule has 8 nitrogen and oxygen atoms in total. The van der Waals surface area contributed by atoms with Crippen molar-refractivity contribution in [3.63, 3.8) is 0 Å². The predicted octanol–water partition coefficient (Wildman–Crippen LogP) is 3.64. The van der Waals surface area contributed by atoms with Crippen LogP contribution < -0.4 is 5.32 Å². The molecule has 2 aromatic rings. The number of nitrogens with one attached hydrogen (secondary N) is 1. The summed E-state index contributed by atoms with van der Waals surface area (Å²) in [5.74, 6) is 0.716. The average molecular weight is 362 g/mol. The van der Waals surface area contributed by atoms with Gasteiger partial charge in [-0.3, -0.25) is 4.98 Å². The van der Waals surface area contributed by atoms with Gasteiger partial charge < -0.3 is 19.3 Å². The lowest BCUT2D eigenvalue weighted by Gasteiger charge is -2.20. The summed E-state index contributed by atoms with van der Waals surface area (Å²) in [6, 6.07) is 3.17. The summed E-state index contributed by atoms with van der Waals surface area (Å²) < 4.78 is 16.0. The Morgan fingerprint density at radius 2 is 2.04 bits per heavy atom. The van der Waals surface area contributed by atoms with Gasteiger partial charge in [-0.05, 0) is 53.7 Å². The van der Waals surface area contributed by atoms with Crippen molar-refractivity contribution in [1.82, 2.24) is 20.4 Å². The lowest BCUT2D eigenvalue weighted by Crippen LogP contribution is -2.34. The average Bonchev–Trinajstić information content (AvgIpc) is 3.01. The van der Waals surface area contributed by atoms with Crippen molar-refractivity contribution in [2.24, 2.45) is 0 Å². The number of aromatic nitrogens is 3. The Morgan fingerprint density at radius 1 is 1.31 bits per heavy atom. The summed E-state index contributed by atoms with van der Waals surface area (Å²) in [5.41, 5.74) is 0.972. The van der Waals surface area contributed by atoms with Crippen LogP contribution >= 0.6 is 0 Å². The zero-order valence-electron chi connectivity index (χ0n) is 16.1. The van der Waals surface area contributed by atoms with Crippen LogP contribution in [0.2, 0.25) is 0 Å². The smallest absolute Gasteiger partial charge is 0.408 e. The van der Waals surface area contributed by atoms with E-state index in [1.54, 1.807) is 40.0 Å². The number of ether oxygens (including phenoxy) is 2. The van der Waals surface area contributed by atoms with E-state index >= 15 is 0 Å². The Bertz CT molecular complexity index is 737. The van der Waals surface area contributed by atoms with Crippen LogP contribution in [0, 0.1) is 0 Å². The molecule has 8 heteroatoms. The molecule has 1 amide bonds. The molecular weight excluding hydrogens is 336 g/mol. The summed E-state index contributed by atoms with van der Waals surface area (Å²) in [5, 5.41) is 6.65. The molecule has 0 spiro atoms. The largest absolute Gasteiger partial charge is 0.444 e. The van der Waals surface area contributed by atoms with Crippen molar-refractivity contribution in [2.75, 3.05) is 0 Å². The molecule has 0 radical (unpaired) electrons. The zero-order chi connectivity index (χ0) is 19.3. The van der Waals surface area contributed by atoms with Gasteiger partial charge in [0.2, 0.25) is 11.7 Å². The molecule has 0 aliphatic rings. The molecule has 2 rings (SSSR count). The Hall–Kier alpha value is -2.48. The van der Waals surface area contributed by atoms with Gasteiger partial charge in [0.15, 0.2) is 0 Å². The third-order valence-electron chi connectivity index (χ3n) is 3.18. The monoisotopic (exact) mass is 362 g/mol. The van der Waals surface area contributed by atoms with Gasteiger partial charge in [-0.15, -0.1) is 0 Å². The second-order valence-corrected chi connectivity index (χ2v) is 7.22. The van der Waals surface area contributed by atoms with E-state index in [0.717, 1.165) is 11.3 Å². The molecule has 0 bridgehead atoms. The number of amides is 1. The van der Waals surface area contributed by atoms with Crippen molar-refractivity contribution in [2.45, 2.75) is 65.9 Å². The Balaban J connectivity index is 2.05. The standard InChI is InChI=1S/C18H26N4O4/c1-11(2)24-10-14-9-13(7-8-19-14)15-21-16(26-22-15)12(3)20-17(23)25-18(4,5)6/h7-9,11-12H,10H2,1-6H3,(H,20,23)/t12-/m0/s1. The minimum Gasteiger partial charge on any atom is -0.444 e. The van der Waals surface area contributed by atoms with E-state index in [9.17, 15) is 4.79 Å². The predicted molar refractivity (Wildman–Crippen MR) is 95.2 cm³/mol. The van der Waals surface area contributed by atoms with Crippen LogP contribution in [0.5, 0.6) is 0 Å². The fraction of sp³-hybridized carbons (Fsp3) is 0.556. The summed E-state index contributed by atoms with van der Waals surface area (Å²) in [6.45, 7) is 11.5. The van der Waals surface area contributed by atoms with Gasteiger partial charge in [0.05, 0.1) is 18.4 Å². The lowest BCUT2D eigenvalue weighted by atomic mass is 10.2. The zero-order valence-corrected chi connectivity index (χ0v) is 16.1. The van der Waals surface area contributed by atoms with E-state index in [2.05, 4.69) is 20.4 Å². The van der Waals surface area contributed by atoms with E-state index in [0.29, 0.717) is 18.3 Å². The second kappa shape index (κ2) is 8.27. The number of hydrogen-bond donors (Lipinski definition) is 1. The third-order valence-corrected chi connectivity index (χ3v) is 3.18. The van der Waals surface area contributed by atoms with Gasteiger partial charge in [0.25, 0.3) is 0 Å². The lowest BCUT2D eigenvalue weighted by molar-refractivity contribution is 0.0499. The topological polar surface area (TPSA) is 99.4 Å². The molecule has 0 aliphatic heterocycles. The first-order valence-electron chi connectivity index (χ1n) is 8.54. The van der Waals surface area contributed by atoms with Crippen molar-refractivity contribution in [1.29, 1.82) is 0 Å². The van der Waals surface area contributed by atoms with Crippen LogP contribution in [0.15, 0.2) is 22.9 Å². The fourth-order valence-corrected chi connectivity index (χ4v) is 2.02. The van der Waals surface area contributed by atoms with Crippen LogP contribution in [0.25, 0.3) is 11.4 Å². The number of rotatable bonds is 6. The van der Waals surface area contributed by atoms with Crippen molar-refractivity contribution in [3.05, 3.63) is 29.9 Å². The molecular formula is C18H26N4O4. The van der Waals surface area contributed by atoms with Gasteiger partial charge in [-0.1, -0.05) is 5.16 Å². The quantitative estimate of drug-likeness (QED) is 0.837. The minimum absolute atomic E-state index is 0.122. The van der Waals surface area contributed by atoms with Crippen LogP contribution in [0.4, 0.5) is 4.79 Å². The molecule has 0 saturated carbocycles. The molecule has 1 N–H and O–H groups in total. The molecule has 0 aromatic carbocycles. The number of alkyl carbamates (subject to hydrolysis) is 1. The number of carbonyl (C=O) groups excluding carboxylic acids is 1. The van der Waals surface area contributed by atoms with E-state index in [-0.39, 0.29) is 6.10 Å². The van der Waals surface area contributed by atoms with E-state index < -0.39 is 17.7 Å². The number of carbonyl (C=O) groups is 1. The van der Waals surface area contributed by atoms with Crippen molar-refractivity contribution in [3.8, 4) is 11.4 Å². The van der Waals surface area contributed by atoms with Crippen molar-refractivity contribution < 1.29 is 18.8 Å². The van der Waals surface area contributed by atoms with Gasteiger partial charge in [-0.25, -0.2) is 4.79 Å². The Kier molecular flexibility index (Phi) is 6.31. The Labute approximate surface area is 153 Å². The molecule has 2 heterocycles. The number of pyridine rings is 1. The molecule has 0 saturated heterocycles. The first kappa shape index (κ1) is 19.8. The number of nitrogens with zero attached hydrogens (tertiary/aromatic N) is 3. The fourth-order valence-electron chi connectivity index (χ4n) is 2.02. The highest BCUT2D eigenvalue weighted by Crippen LogP contribution is 2.20. The van der Waals surface area contributed by atoms with Gasteiger partial charge in [-0.2, -0.15) is 4.98 Å². The summed E-state index contributed by atoms with van der Waals surface area (Å²) in [6.07, 6.45) is 1.26. The van der Waals surface area contributed by atoms with Gasteiger partial charge >= 0.3 is 6.09 Å². The van der Waals surface area contributed by atoms with E-state index in [1.165, 1.54) is 0 Å². The molecule has 142 valence electrons. The SMILES string of the molecule is CC(C)OCc1cc(-c2noc([C@H](C)NC(=O)OC(C)(C)C)n2)ccn1. The normalized spacial score (nSPS) is 12.9. The summed E-state index contributed by atoms with van der Waals surface area (Å²) in [4.78, 5) is 20.5. The maximum atomic E-state index is 11.8. The van der Waals surface area contributed by atoms with Crippen LogP contribution in [-0.2, 0) is 16.1 Å². The molecule has 0 aliphatic carbocycles. The van der Waals surface area contributed by atoms with E-state index in [1.807, 2.05) is 19.9 Å². The first-order valence-corrected chi connectivity index (χ1v) is 8.54. The highest BCUT2D eigenvalue weighted by molar-refractivity contribution is 5.68. The molecule has 26 heavy (non-hydrogen) atoms. The molecule has 0 fully saturated rings. The van der Waals surface area contributed by atoms with E-state index in [4.69, 9.17) is 14.0 Å². The van der Waals surface area contributed by atoms with Crippen molar-refractivity contribution >= 4 is 6.09 Å². The molecule has 2 aromatic heterocycles. The summed E-state index contributed by atoms with van der Waals surface area (Å²) in [7, 11) is 0. The van der Waals surface area contributed by atoms with Crippen LogP contribution in [0.3, 0.4) is 0 Å². The highest BCUT2D eigenvalue weighted by atomic mass is 16.6. The molecule has 0 unspecified atom stereocenters. The van der Waals surface area contributed by atoms with Gasteiger partial charge in [0, 0.05) is 11.8 Å². The third kappa shape index (κ3) is 6.11. The first-order chi connectivity index (χ1) is 12.1. The minimum atomic E-state index is -0.574.